The molecule has 7 heteroatoms. The number of para-hydroxylation sites is 1. The molecule has 2 heterocycles. The number of aromatic nitrogens is 2. The lowest BCUT2D eigenvalue weighted by atomic mass is 10.1. The molecule has 1 aromatic heterocycles. The third kappa shape index (κ3) is 4.84. The van der Waals surface area contributed by atoms with Gasteiger partial charge < -0.3 is 15.0 Å². The Hall–Kier alpha value is -3.12. The number of amides is 1. The second-order valence-electron chi connectivity index (χ2n) is 6.82. The fraction of sp³-hybridized carbons (Fsp3) is 0.227. The summed E-state index contributed by atoms with van der Waals surface area (Å²) in [5, 5.41) is 12.0. The molecular formula is C22H21ClN4O2. The van der Waals surface area contributed by atoms with Gasteiger partial charge in [-0.2, -0.15) is 0 Å². The average Bonchev–Trinajstić information content (AvgIpc) is 3.29. The Morgan fingerprint density at radius 3 is 2.45 bits per heavy atom. The molecule has 29 heavy (non-hydrogen) atoms. The van der Waals surface area contributed by atoms with Crippen molar-refractivity contribution in [1.82, 2.24) is 10.2 Å². The summed E-state index contributed by atoms with van der Waals surface area (Å²) in [4.78, 5) is 14.4. The number of nitrogens with zero attached hydrogens (tertiary/aromatic N) is 3. The average molecular weight is 409 g/mol. The van der Waals surface area contributed by atoms with Crippen molar-refractivity contribution in [3.05, 3.63) is 65.7 Å². The minimum Gasteiger partial charge on any atom is -0.482 e. The Kier molecular flexibility index (Phi) is 5.91. The Morgan fingerprint density at radius 2 is 1.76 bits per heavy atom. The first kappa shape index (κ1) is 19.2. The summed E-state index contributed by atoms with van der Waals surface area (Å²) < 4.78 is 5.45. The van der Waals surface area contributed by atoms with Gasteiger partial charge in [0.15, 0.2) is 12.4 Å². The van der Waals surface area contributed by atoms with Crippen molar-refractivity contribution in [2.45, 2.75) is 12.8 Å². The van der Waals surface area contributed by atoms with Crippen LogP contribution in [-0.4, -0.2) is 35.8 Å². The SMILES string of the molecule is O=C(COc1ccccc1Cl)Nc1ccc(-c2ccc(N3CCCC3)nn2)cc1. The topological polar surface area (TPSA) is 67.3 Å². The molecule has 6 nitrogen and oxygen atoms in total. The fourth-order valence-electron chi connectivity index (χ4n) is 3.22. The maximum atomic E-state index is 12.1. The van der Waals surface area contributed by atoms with Crippen molar-refractivity contribution < 1.29 is 9.53 Å². The van der Waals surface area contributed by atoms with Crippen LogP contribution in [0.3, 0.4) is 0 Å². The first-order chi connectivity index (χ1) is 14.2. The van der Waals surface area contributed by atoms with Crippen molar-refractivity contribution in [3.8, 4) is 17.0 Å². The predicted octanol–water partition coefficient (Wildman–Crippen LogP) is 4.41. The lowest BCUT2D eigenvalue weighted by Crippen LogP contribution is -2.20. The van der Waals surface area contributed by atoms with E-state index >= 15 is 0 Å². The maximum absolute atomic E-state index is 12.1. The summed E-state index contributed by atoms with van der Waals surface area (Å²) in [5.41, 5.74) is 2.42. The summed E-state index contributed by atoms with van der Waals surface area (Å²) in [5.74, 6) is 1.15. The molecular weight excluding hydrogens is 388 g/mol. The van der Waals surface area contributed by atoms with Gasteiger partial charge in [0.25, 0.3) is 5.91 Å². The highest BCUT2D eigenvalue weighted by Crippen LogP contribution is 2.24. The number of nitrogens with one attached hydrogen (secondary N) is 1. The Bertz CT molecular complexity index is 971. The highest BCUT2D eigenvalue weighted by molar-refractivity contribution is 6.32. The third-order valence-corrected chi connectivity index (χ3v) is 5.05. The minimum absolute atomic E-state index is 0.116. The molecule has 1 amide bonds. The van der Waals surface area contributed by atoms with E-state index in [1.807, 2.05) is 36.4 Å². The van der Waals surface area contributed by atoms with Crippen LogP contribution in [0.2, 0.25) is 5.02 Å². The molecule has 0 bridgehead atoms. The number of anilines is 2. The van der Waals surface area contributed by atoms with E-state index in [1.54, 1.807) is 24.3 Å². The quantitative estimate of drug-likeness (QED) is 0.654. The van der Waals surface area contributed by atoms with Gasteiger partial charge in [-0.05, 0) is 49.2 Å². The van der Waals surface area contributed by atoms with Gasteiger partial charge in [0.05, 0.1) is 10.7 Å². The van der Waals surface area contributed by atoms with Gasteiger partial charge in [-0.1, -0.05) is 35.9 Å². The van der Waals surface area contributed by atoms with Crippen molar-refractivity contribution in [3.63, 3.8) is 0 Å². The van der Waals surface area contributed by atoms with Crippen LogP contribution in [0.4, 0.5) is 11.5 Å². The number of carbonyl (C=O) groups excluding carboxylic acids is 1. The number of rotatable bonds is 6. The molecule has 0 saturated carbocycles. The lowest BCUT2D eigenvalue weighted by Gasteiger charge is -2.15. The van der Waals surface area contributed by atoms with Crippen molar-refractivity contribution >= 4 is 29.0 Å². The molecule has 0 spiro atoms. The van der Waals surface area contributed by atoms with Crippen LogP contribution in [0.5, 0.6) is 5.75 Å². The van der Waals surface area contributed by atoms with Crippen LogP contribution in [0, 0.1) is 0 Å². The molecule has 2 aromatic carbocycles. The molecule has 1 aliphatic heterocycles. The monoisotopic (exact) mass is 408 g/mol. The van der Waals surface area contributed by atoms with Gasteiger partial charge in [0.2, 0.25) is 0 Å². The predicted molar refractivity (Wildman–Crippen MR) is 114 cm³/mol. The van der Waals surface area contributed by atoms with Crippen molar-refractivity contribution in [2.75, 3.05) is 29.9 Å². The van der Waals surface area contributed by atoms with E-state index in [9.17, 15) is 4.79 Å². The zero-order valence-corrected chi connectivity index (χ0v) is 16.6. The largest absolute Gasteiger partial charge is 0.482 e. The number of hydrogen-bond donors (Lipinski definition) is 1. The summed E-state index contributed by atoms with van der Waals surface area (Å²) in [6.07, 6.45) is 2.42. The van der Waals surface area contributed by atoms with E-state index in [2.05, 4.69) is 20.4 Å². The second-order valence-corrected chi connectivity index (χ2v) is 7.22. The molecule has 1 fully saturated rings. The number of hydrogen-bond acceptors (Lipinski definition) is 5. The standard InChI is InChI=1S/C22H21ClN4O2/c23-18-5-1-2-6-20(18)29-15-22(28)24-17-9-7-16(8-10-17)19-11-12-21(26-25-19)27-13-3-4-14-27/h1-2,5-12H,3-4,13-15H2,(H,24,28). The number of benzene rings is 2. The molecule has 0 aliphatic carbocycles. The van der Waals surface area contributed by atoms with Gasteiger partial charge in [0.1, 0.15) is 5.75 Å². The minimum atomic E-state index is -0.257. The van der Waals surface area contributed by atoms with E-state index in [4.69, 9.17) is 16.3 Å². The molecule has 1 aliphatic rings. The van der Waals surface area contributed by atoms with Gasteiger partial charge in [0, 0.05) is 24.3 Å². The van der Waals surface area contributed by atoms with E-state index in [0.29, 0.717) is 16.5 Å². The molecule has 0 radical (unpaired) electrons. The normalized spacial score (nSPS) is 13.3. The van der Waals surface area contributed by atoms with E-state index in [0.717, 1.165) is 30.2 Å². The maximum Gasteiger partial charge on any atom is 0.262 e. The third-order valence-electron chi connectivity index (χ3n) is 4.74. The molecule has 148 valence electrons. The Morgan fingerprint density at radius 1 is 1.00 bits per heavy atom. The van der Waals surface area contributed by atoms with Crippen LogP contribution in [0.1, 0.15) is 12.8 Å². The number of halogens is 1. The van der Waals surface area contributed by atoms with Gasteiger partial charge in [-0.3, -0.25) is 4.79 Å². The Labute approximate surface area is 174 Å². The molecule has 3 aromatic rings. The van der Waals surface area contributed by atoms with Crippen molar-refractivity contribution in [1.29, 1.82) is 0 Å². The van der Waals surface area contributed by atoms with Gasteiger partial charge >= 0.3 is 0 Å². The van der Waals surface area contributed by atoms with Gasteiger partial charge in [-0.25, -0.2) is 0 Å². The number of carbonyl (C=O) groups is 1. The second kappa shape index (κ2) is 8.92. The van der Waals surface area contributed by atoms with Crippen LogP contribution >= 0.6 is 11.6 Å². The molecule has 0 unspecified atom stereocenters. The van der Waals surface area contributed by atoms with E-state index in [-0.39, 0.29) is 12.5 Å². The lowest BCUT2D eigenvalue weighted by molar-refractivity contribution is -0.118. The molecule has 4 rings (SSSR count). The van der Waals surface area contributed by atoms with Crippen molar-refractivity contribution in [2.24, 2.45) is 0 Å². The molecule has 0 atom stereocenters. The summed E-state index contributed by atoms with van der Waals surface area (Å²) in [7, 11) is 0. The Balaban J connectivity index is 1.34. The summed E-state index contributed by atoms with van der Waals surface area (Å²) in [6, 6.07) is 18.5. The highest BCUT2D eigenvalue weighted by Gasteiger charge is 2.14. The fourth-order valence-corrected chi connectivity index (χ4v) is 3.41. The van der Waals surface area contributed by atoms with Crippen LogP contribution in [-0.2, 0) is 4.79 Å². The number of ether oxygens (including phenoxy) is 1. The van der Waals surface area contributed by atoms with E-state index < -0.39 is 0 Å². The zero-order valence-electron chi connectivity index (χ0n) is 15.8. The molecule has 1 saturated heterocycles. The highest BCUT2D eigenvalue weighted by atomic mass is 35.5. The summed E-state index contributed by atoms with van der Waals surface area (Å²) >= 11 is 6.02. The van der Waals surface area contributed by atoms with Crippen LogP contribution in [0.25, 0.3) is 11.3 Å². The molecule has 1 N–H and O–H groups in total. The smallest absolute Gasteiger partial charge is 0.262 e. The first-order valence-corrected chi connectivity index (χ1v) is 9.93. The van der Waals surface area contributed by atoms with Crippen LogP contribution < -0.4 is 15.0 Å². The zero-order chi connectivity index (χ0) is 20.1. The van der Waals surface area contributed by atoms with E-state index in [1.165, 1.54) is 12.8 Å². The van der Waals surface area contributed by atoms with Gasteiger partial charge in [-0.15, -0.1) is 10.2 Å². The summed E-state index contributed by atoms with van der Waals surface area (Å²) in [6.45, 7) is 1.97. The van der Waals surface area contributed by atoms with Crippen LogP contribution in [0.15, 0.2) is 60.7 Å². The first-order valence-electron chi connectivity index (χ1n) is 9.55.